The van der Waals surface area contributed by atoms with Crippen molar-refractivity contribution in [3.63, 3.8) is 0 Å². The molecule has 0 fully saturated rings. The predicted octanol–water partition coefficient (Wildman–Crippen LogP) is 2.35. The molecule has 0 radical (unpaired) electrons. The number of amides is 1. The van der Waals surface area contributed by atoms with Gasteiger partial charge in [-0.1, -0.05) is 15.9 Å². The smallest absolute Gasteiger partial charge is 0.276 e. The van der Waals surface area contributed by atoms with Gasteiger partial charge in [-0.2, -0.15) is 0 Å². The number of hydrogen-bond acceptors (Lipinski definition) is 4. The van der Waals surface area contributed by atoms with Crippen LogP contribution < -0.4 is 11.1 Å². The molecule has 1 aromatic heterocycles. The summed E-state index contributed by atoms with van der Waals surface area (Å²) >= 11 is 2.94. The predicted molar refractivity (Wildman–Crippen MR) is 68.5 cm³/mol. The number of hydrogen-bond donors (Lipinski definition) is 2. The summed E-state index contributed by atoms with van der Waals surface area (Å²) in [7, 11) is 0. The number of anilines is 2. The molecule has 1 amide bonds. The van der Waals surface area contributed by atoms with E-state index in [-0.39, 0.29) is 16.0 Å². The molecule has 0 aliphatic carbocycles. The Kier molecular flexibility index (Phi) is 3.70. The zero-order valence-electron chi connectivity index (χ0n) is 9.32. The SMILES string of the molecule is Nc1cnc(C(=O)Nc2c(F)cc(Br)cc2F)cn1. The van der Waals surface area contributed by atoms with Crippen LogP contribution in [-0.2, 0) is 0 Å². The van der Waals surface area contributed by atoms with Crippen LogP contribution in [0.4, 0.5) is 20.3 Å². The van der Waals surface area contributed by atoms with Gasteiger partial charge in [-0.25, -0.2) is 18.7 Å². The van der Waals surface area contributed by atoms with Crippen molar-refractivity contribution < 1.29 is 13.6 Å². The summed E-state index contributed by atoms with van der Waals surface area (Å²) in [5.41, 5.74) is 4.66. The Morgan fingerprint density at radius 2 is 1.84 bits per heavy atom. The van der Waals surface area contributed by atoms with Gasteiger partial charge in [0.2, 0.25) is 0 Å². The number of benzene rings is 1. The van der Waals surface area contributed by atoms with Crippen LogP contribution in [-0.4, -0.2) is 15.9 Å². The van der Waals surface area contributed by atoms with Crippen molar-refractivity contribution in [2.45, 2.75) is 0 Å². The summed E-state index contributed by atoms with van der Waals surface area (Å²) in [6.45, 7) is 0. The second-order valence-electron chi connectivity index (χ2n) is 3.53. The Hall–Kier alpha value is -2.09. The van der Waals surface area contributed by atoms with Gasteiger partial charge in [0, 0.05) is 4.47 Å². The molecular weight excluding hydrogens is 322 g/mol. The van der Waals surface area contributed by atoms with Gasteiger partial charge in [0.15, 0.2) is 11.6 Å². The average Bonchev–Trinajstić information content (AvgIpc) is 2.34. The minimum absolute atomic E-state index is 0.101. The Morgan fingerprint density at radius 1 is 1.21 bits per heavy atom. The van der Waals surface area contributed by atoms with E-state index in [9.17, 15) is 13.6 Å². The second-order valence-corrected chi connectivity index (χ2v) is 4.44. The van der Waals surface area contributed by atoms with Crippen molar-refractivity contribution in [2.75, 3.05) is 11.1 Å². The molecule has 2 rings (SSSR count). The molecule has 1 aromatic carbocycles. The van der Waals surface area contributed by atoms with Gasteiger partial charge in [-0.15, -0.1) is 0 Å². The highest BCUT2D eigenvalue weighted by atomic mass is 79.9. The molecule has 8 heteroatoms. The molecule has 2 aromatic rings. The highest BCUT2D eigenvalue weighted by molar-refractivity contribution is 9.10. The molecule has 0 saturated heterocycles. The van der Waals surface area contributed by atoms with Crippen LogP contribution in [0.2, 0.25) is 0 Å². The van der Waals surface area contributed by atoms with Gasteiger partial charge in [-0.05, 0) is 12.1 Å². The molecule has 0 bridgehead atoms. The van der Waals surface area contributed by atoms with E-state index < -0.39 is 23.2 Å². The third kappa shape index (κ3) is 3.02. The number of nitrogens with zero attached hydrogens (tertiary/aromatic N) is 2. The van der Waals surface area contributed by atoms with Gasteiger partial charge in [0.25, 0.3) is 5.91 Å². The first-order valence-corrected chi connectivity index (χ1v) is 5.80. The van der Waals surface area contributed by atoms with Gasteiger partial charge in [0.1, 0.15) is 17.2 Å². The number of halogens is 3. The van der Waals surface area contributed by atoms with Crippen molar-refractivity contribution in [3.05, 3.63) is 46.3 Å². The molecule has 19 heavy (non-hydrogen) atoms. The summed E-state index contributed by atoms with van der Waals surface area (Å²) in [5.74, 6) is -2.45. The first-order valence-electron chi connectivity index (χ1n) is 5.01. The molecule has 0 spiro atoms. The molecule has 1 heterocycles. The number of carbonyl (C=O) groups excluding carboxylic acids is 1. The topological polar surface area (TPSA) is 80.9 Å². The van der Waals surface area contributed by atoms with Crippen molar-refractivity contribution in [1.82, 2.24) is 9.97 Å². The van der Waals surface area contributed by atoms with Crippen LogP contribution >= 0.6 is 15.9 Å². The summed E-state index contributed by atoms with van der Waals surface area (Å²) in [6, 6.07) is 2.07. The molecule has 0 saturated carbocycles. The molecule has 0 atom stereocenters. The van der Waals surface area contributed by atoms with E-state index in [1.807, 2.05) is 0 Å². The maximum Gasteiger partial charge on any atom is 0.276 e. The van der Waals surface area contributed by atoms with Crippen LogP contribution in [0.5, 0.6) is 0 Å². The Bertz CT molecular complexity index is 610. The van der Waals surface area contributed by atoms with Crippen molar-refractivity contribution in [3.8, 4) is 0 Å². The van der Waals surface area contributed by atoms with Crippen molar-refractivity contribution in [2.24, 2.45) is 0 Å². The van der Waals surface area contributed by atoms with E-state index in [2.05, 4.69) is 31.2 Å². The minimum Gasteiger partial charge on any atom is -0.382 e. The number of nitrogens with two attached hydrogens (primary N) is 1. The number of nitrogens with one attached hydrogen (secondary N) is 1. The van der Waals surface area contributed by atoms with Gasteiger partial charge in [0.05, 0.1) is 12.4 Å². The maximum absolute atomic E-state index is 13.5. The van der Waals surface area contributed by atoms with E-state index in [0.29, 0.717) is 0 Å². The third-order valence-corrected chi connectivity index (χ3v) is 2.61. The Morgan fingerprint density at radius 3 is 2.37 bits per heavy atom. The van der Waals surface area contributed by atoms with E-state index in [1.54, 1.807) is 0 Å². The number of rotatable bonds is 2. The van der Waals surface area contributed by atoms with Crippen molar-refractivity contribution >= 4 is 33.3 Å². The standard InChI is InChI=1S/C11H7BrF2N4O/c12-5-1-6(13)10(7(14)2-5)18-11(19)8-3-17-9(15)4-16-8/h1-4H,(H2,15,17)(H,18,19). The Balaban J connectivity index is 2.26. The monoisotopic (exact) mass is 328 g/mol. The molecular formula is C11H7BrF2N4O. The lowest BCUT2D eigenvalue weighted by molar-refractivity contribution is 0.102. The first-order chi connectivity index (χ1) is 8.97. The lowest BCUT2D eigenvalue weighted by Crippen LogP contribution is -2.16. The number of aromatic nitrogens is 2. The van der Waals surface area contributed by atoms with E-state index in [1.165, 1.54) is 6.20 Å². The molecule has 0 unspecified atom stereocenters. The number of carbonyl (C=O) groups is 1. The molecule has 3 N–H and O–H groups in total. The first kappa shape index (κ1) is 13.3. The molecule has 0 aliphatic rings. The quantitative estimate of drug-likeness (QED) is 0.886. The van der Waals surface area contributed by atoms with Crippen LogP contribution in [0.15, 0.2) is 29.0 Å². The zero-order chi connectivity index (χ0) is 14.0. The highest BCUT2D eigenvalue weighted by Crippen LogP contribution is 2.24. The fourth-order valence-electron chi connectivity index (χ4n) is 1.29. The van der Waals surface area contributed by atoms with Gasteiger partial charge >= 0.3 is 0 Å². The second kappa shape index (κ2) is 5.27. The molecule has 5 nitrogen and oxygen atoms in total. The lowest BCUT2D eigenvalue weighted by Gasteiger charge is -2.07. The largest absolute Gasteiger partial charge is 0.382 e. The van der Waals surface area contributed by atoms with Crippen molar-refractivity contribution in [1.29, 1.82) is 0 Å². The summed E-state index contributed by atoms with van der Waals surface area (Å²) < 4.78 is 27.3. The van der Waals surface area contributed by atoms with E-state index in [0.717, 1.165) is 18.3 Å². The normalized spacial score (nSPS) is 10.3. The summed E-state index contributed by atoms with van der Waals surface area (Å²) in [6.07, 6.45) is 2.28. The van der Waals surface area contributed by atoms with Crippen LogP contribution in [0.25, 0.3) is 0 Å². The fourth-order valence-corrected chi connectivity index (χ4v) is 1.70. The minimum atomic E-state index is -0.899. The summed E-state index contributed by atoms with van der Waals surface area (Å²) in [5, 5.41) is 2.09. The zero-order valence-corrected chi connectivity index (χ0v) is 10.9. The molecule has 0 aliphatic heterocycles. The number of nitrogen functional groups attached to an aromatic ring is 1. The maximum atomic E-state index is 13.5. The van der Waals surface area contributed by atoms with Crippen LogP contribution in [0, 0.1) is 11.6 Å². The van der Waals surface area contributed by atoms with Gasteiger partial charge in [-0.3, -0.25) is 4.79 Å². The lowest BCUT2D eigenvalue weighted by atomic mass is 10.2. The fraction of sp³-hybridized carbons (Fsp3) is 0. The molecule has 98 valence electrons. The van der Waals surface area contributed by atoms with Crippen LogP contribution in [0.3, 0.4) is 0 Å². The van der Waals surface area contributed by atoms with E-state index in [4.69, 9.17) is 5.73 Å². The summed E-state index contributed by atoms with van der Waals surface area (Å²) in [4.78, 5) is 19.1. The average molecular weight is 329 g/mol. The van der Waals surface area contributed by atoms with Gasteiger partial charge < -0.3 is 11.1 Å². The Labute approximate surface area is 115 Å². The van der Waals surface area contributed by atoms with E-state index >= 15 is 0 Å². The third-order valence-electron chi connectivity index (χ3n) is 2.15. The van der Waals surface area contributed by atoms with Crippen LogP contribution in [0.1, 0.15) is 10.5 Å². The highest BCUT2D eigenvalue weighted by Gasteiger charge is 2.15.